The van der Waals surface area contributed by atoms with Crippen molar-refractivity contribution in [3.8, 4) is 0 Å². The molecule has 0 unspecified atom stereocenters. The molecule has 0 N–H and O–H groups in total. The first-order valence-electron chi connectivity index (χ1n) is 10.2. The predicted octanol–water partition coefficient (Wildman–Crippen LogP) is 0.838. The number of likely N-dealkylation sites (N-methyl/N-ethyl adjacent to an activating group) is 1. The number of hydrogen-bond acceptors (Lipinski definition) is 6. The fourth-order valence-electron chi connectivity index (χ4n) is 4.10. The largest absolute Gasteiger partial charge is 0.347 e. The first kappa shape index (κ1) is 19.3. The minimum Gasteiger partial charge on any atom is -0.347 e. The number of likely N-dealkylation sites (tertiary alicyclic amines) is 1. The molecular weight excluding hydrogens is 360 g/mol. The summed E-state index contributed by atoms with van der Waals surface area (Å²) in [6.45, 7) is 8.63. The van der Waals surface area contributed by atoms with Gasteiger partial charge in [0.25, 0.3) is 11.8 Å². The fourth-order valence-corrected chi connectivity index (χ4v) is 4.10. The lowest BCUT2D eigenvalue weighted by Crippen LogP contribution is -2.49. The van der Waals surface area contributed by atoms with E-state index < -0.39 is 5.79 Å². The quantitative estimate of drug-likeness (QED) is 0.764. The van der Waals surface area contributed by atoms with Gasteiger partial charge in [0.05, 0.1) is 13.2 Å². The second-order valence-electron chi connectivity index (χ2n) is 7.53. The molecule has 28 heavy (non-hydrogen) atoms. The molecule has 0 bridgehead atoms. The van der Waals surface area contributed by atoms with Gasteiger partial charge >= 0.3 is 0 Å². The van der Waals surface area contributed by atoms with Gasteiger partial charge in [0.2, 0.25) is 0 Å². The molecule has 0 aromatic carbocycles. The number of carbonyl (C=O) groups excluding carboxylic acids is 2. The van der Waals surface area contributed by atoms with Crippen LogP contribution in [0.5, 0.6) is 0 Å². The molecule has 8 nitrogen and oxygen atoms in total. The molecule has 3 aliphatic heterocycles. The van der Waals surface area contributed by atoms with Crippen molar-refractivity contribution in [1.82, 2.24) is 19.7 Å². The average Bonchev–Trinajstić information content (AvgIpc) is 3.21. The Hall–Kier alpha value is -2.03. The van der Waals surface area contributed by atoms with Crippen LogP contribution in [0.3, 0.4) is 0 Å². The smallest absolute Gasteiger partial charge is 0.272 e. The first-order valence-corrected chi connectivity index (χ1v) is 10.2. The monoisotopic (exact) mass is 388 g/mol. The van der Waals surface area contributed by atoms with Crippen LogP contribution in [-0.4, -0.2) is 96.3 Å². The first-order chi connectivity index (χ1) is 13.6. The maximum Gasteiger partial charge on any atom is 0.272 e. The van der Waals surface area contributed by atoms with E-state index in [4.69, 9.17) is 9.47 Å². The number of rotatable bonds is 3. The third-order valence-electron chi connectivity index (χ3n) is 5.92. The molecular formula is C20H28N4O4. The minimum absolute atomic E-state index is 0.101. The number of ether oxygens (including phenoxy) is 2. The number of hydrogen-bond donors (Lipinski definition) is 0. The number of nitrogens with zero attached hydrogens (tertiary/aromatic N) is 4. The molecule has 3 aliphatic rings. The van der Waals surface area contributed by atoms with Crippen molar-refractivity contribution in [3.05, 3.63) is 29.6 Å². The van der Waals surface area contributed by atoms with E-state index in [1.165, 1.54) is 0 Å². The Balaban J connectivity index is 1.39. The summed E-state index contributed by atoms with van der Waals surface area (Å²) in [5.74, 6) is -0.753. The van der Waals surface area contributed by atoms with Crippen molar-refractivity contribution >= 4 is 11.8 Å². The lowest BCUT2D eigenvalue weighted by Gasteiger charge is -2.37. The molecule has 4 rings (SSSR count). The SMILES string of the molecule is CCN1CCN(C(=O)c2cccc(C(=O)N3CCC4(CC3)OCCO4)n2)CC1. The van der Waals surface area contributed by atoms with E-state index in [9.17, 15) is 9.59 Å². The number of amides is 2. The normalized spacial score (nSPS) is 22.6. The summed E-state index contributed by atoms with van der Waals surface area (Å²) in [6.07, 6.45) is 1.33. The van der Waals surface area contributed by atoms with Gasteiger partial charge in [0, 0.05) is 52.1 Å². The van der Waals surface area contributed by atoms with Crippen molar-refractivity contribution in [2.24, 2.45) is 0 Å². The molecule has 2 amide bonds. The Morgan fingerprint density at radius 2 is 1.46 bits per heavy atom. The fraction of sp³-hybridized carbons (Fsp3) is 0.650. The minimum atomic E-state index is -0.511. The zero-order chi connectivity index (χ0) is 19.6. The van der Waals surface area contributed by atoms with E-state index in [-0.39, 0.29) is 11.8 Å². The van der Waals surface area contributed by atoms with Crippen molar-refractivity contribution < 1.29 is 19.1 Å². The van der Waals surface area contributed by atoms with Gasteiger partial charge in [0.15, 0.2) is 5.79 Å². The van der Waals surface area contributed by atoms with Crippen LogP contribution in [0.4, 0.5) is 0 Å². The van der Waals surface area contributed by atoms with Gasteiger partial charge < -0.3 is 24.2 Å². The lowest BCUT2D eigenvalue weighted by atomic mass is 10.0. The number of aromatic nitrogens is 1. The van der Waals surface area contributed by atoms with Crippen molar-refractivity contribution in [1.29, 1.82) is 0 Å². The van der Waals surface area contributed by atoms with E-state index >= 15 is 0 Å². The van der Waals surface area contributed by atoms with E-state index in [2.05, 4.69) is 16.8 Å². The summed E-state index contributed by atoms with van der Waals surface area (Å²) < 4.78 is 11.4. The van der Waals surface area contributed by atoms with Gasteiger partial charge in [-0.25, -0.2) is 4.98 Å². The van der Waals surface area contributed by atoms with Gasteiger partial charge in [0.1, 0.15) is 11.4 Å². The van der Waals surface area contributed by atoms with Crippen LogP contribution in [0.15, 0.2) is 18.2 Å². The molecule has 0 atom stereocenters. The molecule has 0 radical (unpaired) electrons. The van der Waals surface area contributed by atoms with Gasteiger partial charge in [-0.1, -0.05) is 13.0 Å². The Kier molecular flexibility index (Phi) is 5.61. The maximum absolute atomic E-state index is 12.9. The molecule has 152 valence electrons. The maximum atomic E-state index is 12.9. The van der Waals surface area contributed by atoms with E-state index in [0.717, 1.165) is 19.6 Å². The summed E-state index contributed by atoms with van der Waals surface area (Å²) in [4.78, 5) is 36.0. The predicted molar refractivity (Wildman–Crippen MR) is 102 cm³/mol. The van der Waals surface area contributed by atoms with Crippen LogP contribution in [0, 0.1) is 0 Å². The van der Waals surface area contributed by atoms with Crippen LogP contribution in [0.2, 0.25) is 0 Å². The zero-order valence-corrected chi connectivity index (χ0v) is 16.4. The van der Waals surface area contributed by atoms with Gasteiger partial charge in [-0.15, -0.1) is 0 Å². The van der Waals surface area contributed by atoms with Gasteiger partial charge in [-0.05, 0) is 18.7 Å². The standard InChI is InChI=1S/C20H28N4O4/c1-2-22-10-12-24(13-11-22)19(26)17-5-3-4-16(21-17)18(25)23-8-6-20(7-9-23)27-14-15-28-20/h3-5H,2,6-15H2,1H3. The van der Waals surface area contributed by atoms with Crippen LogP contribution >= 0.6 is 0 Å². The Morgan fingerprint density at radius 3 is 2.00 bits per heavy atom. The Bertz CT molecular complexity index is 717. The molecule has 0 saturated carbocycles. The Morgan fingerprint density at radius 1 is 0.929 bits per heavy atom. The van der Waals surface area contributed by atoms with Crippen molar-refractivity contribution in [2.45, 2.75) is 25.6 Å². The topological polar surface area (TPSA) is 75.2 Å². The molecule has 8 heteroatoms. The molecule has 4 heterocycles. The molecule has 3 saturated heterocycles. The molecule has 3 fully saturated rings. The molecule has 1 aromatic rings. The second kappa shape index (κ2) is 8.14. The highest BCUT2D eigenvalue weighted by atomic mass is 16.7. The van der Waals surface area contributed by atoms with Crippen LogP contribution < -0.4 is 0 Å². The Labute approximate surface area is 165 Å². The third-order valence-corrected chi connectivity index (χ3v) is 5.92. The lowest BCUT2D eigenvalue weighted by molar-refractivity contribution is -0.181. The summed E-state index contributed by atoms with van der Waals surface area (Å²) in [7, 11) is 0. The highest BCUT2D eigenvalue weighted by molar-refractivity contribution is 5.96. The number of piperidine rings is 1. The zero-order valence-electron chi connectivity index (χ0n) is 16.4. The number of piperazine rings is 1. The third kappa shape index (κ3) is 3.90. The average molecular weight is 388 g/mol. The summed E-state index contributed by atoms with van der Waals surface area (Å²) in [5.41, 5.74) is 0.661. The molecule has 1 aromatic heterocycles. The van der Waals surface area contributed by atoms with Crippen LogP contribution in [0.25, 0.3) is 0 Å². The molecule has 1 spiro atoms. The van der Waals surface area contributed by atoms with Gasteiger partial charge in [-0.3, -0.25) is 9.59 Å². The highest BCUT2D eigenvalue weighted by Crippen LogP contribution is 2.31. The summed E-state index contributed by atoms with van der Waals surface area (Å²) in [5, 5.41) is 0. The van der Waals surface area contributed by atoms with Gasteiger partial charge in [-0.2, -0.15) is 0 Å². The van der Waals surface area contributed by atoms with Crippen molar-refractivity contribution in [3.63, 3.8) is 0 Å². The number of carbonyl (C=O) groups is 2. The molecule has 0 aliphatic carbocycles. The van der Waals surface area contributed by atoms with E-state index in [0.29, 0.717) is 63.6 Å². The summed E-state index contributed by atoms with van der Waals surface area (Å²) >= 11 is 0. The van der Waals surface area contributed by atoms with E-state index in [1.54, 1.807) is 23.1 Å². The highest BCUT2D eigenvalue weighted by Gasteiger charge is 2.41. The summed E-state index contributed by atoms with van der Waals surface area (Å²) in [6, 6.07) is 5.11. The number of pyridine rings is 1. The second-order valence-corrected chi connectivity index (χ2v) is 7.53. The van der Waals surface area contributed by atoms with E-state index in [1.807, 2.05) is 4.90 Å². The van der Waals surface area contributed by atoms with Crippen LogP contribution in [-0.2, 0) is 9.47 Å². The van der Waals surface area contributed by atoms with Crippen LogP contribution in [0.1, 0.15) is 40.7 Å². The van der Waals surface area contributed by atoms with Crippen molar-refractivity contribution in [2.75, 3.05) is 59.0 Å².